The van der Waals surface area contributed by atoms with Gasteiger partial charge in [0, 0.05) is 12.6 Å². The zero-order valence-corrected chi connectivity index (χ0v) is 14.2. The molecule has 0 atom stereocenters. The van der Waals surface area contributed by atoms with Crippen LogP contribution in [0.1, 0.15) is 39.0 Å². The first-order valence-corrected chi connectivity index (χ1v) is 10.4. The fourth-order valence-corrected chi connectivity index (χ4v) is 4.33. The molecule has 0 bridgehead atoms. The maximum atomic E-state index is 12.1. The molecule has 1 aliphatic rings. The molecule has 22 heavy (non-hydrogen) atoms. The third-order valence-corrected chi connectivity index (χ3v) is 6.43. The summed E-state index contributed by atoms with van der Waals surface area (Å²) in [7, 11) is -7.13. The average molecular weight is 346 g/mol. The van der Waals surface area contributed by atoms with Crippen molar-refractivity contribution in [3.63, 3.8) is 0 Å². The highest BCUT2D eigenvalue weighted by atomic mass is 32.2. The van der Waals surface area contributed by atoms with Gasteiger partial charge < -0.3 is 0 Å². The Morgan fingerprint density at radius 2 is 1.50 bits per heavy atom. The second-order valence-electron chi connectivity index (χ2n) is 5.47. The fraction of sp³-hybridized carbons (Fsp3) is 0.571. The van der Waals surface area contributed by atoms with E-state index in [0.29, 0.717) is 6.54 Å². The van der Waals surface area contributed by atoms with E-state index in [1.807, 2.05) is 6.92 Å². The van der Waals surface area contributed by atoms with Crippen molar-refractivity contribution in [2.75, 3.05) is 6.54 Å². The zero-order valence-electron chi connectivity index (χ0n) is 12.6. The lowest BCUT2D eigenvalue weighted by Crippen LogP contribution is -2.26. The van der Waals surface area contributed by atoms with E-state index in [9.17, 15) is 16.8 Å². The van der Waals surface area contributed by atoms with Crippen molar-refractivity contribution in [3.05, 3.63) is 24.3 Å². The van der Waals surface area contributed by atoms with E-state index in [4.69, 9.17) is 0 Å². The number of unbranched alkanes of at least 4 members (excludes halogenated alkanes) is 2. The predicted octanol–water partition coefficient (Wildman–Crippen LogP) is 1.60. The number of benzene rings is 1. The molecule has 6 nitrogen and oxygen atoms in total. The van der Waals surface area contributed by atoms with E-state index in [1.54, 1.807) is 0 Å². The molecule has 8 heteroatoms. The lowest BCUT2D eigenvalue weighted by Gasteiger charge is -2.08. The molecule has 2 rings (SSSR count). The van der Waals surface area contributed by atoms with Gasteiger partial charge in [0.15, 0.2) is 0 Å². The minimum absolute atomic E-state index is 0.0219. The Bertz CT molecular complexity index is 693. The van der Waals surface area contributed by atoms with E-state index in [2.05, 4.69) is 9.44 Å². The van der Waals surface area contributed by atoms with E-state index in [0.717, 1.165) is 32.1 Å². The normalized spacial score (nSPS) is 15.9. The highest BCUT2D eigenvalue weighted by Crippen LogP contribution is 2.22. The molecule has 1 saturated carbocycles. The molecule has 0 radical (unpaired) electrons. The summed E-state index contributed by atoms with van der Waals surface area (Å²) in [5, 5.41) is 0. The summed E-state index contributed by atoms with van der Waals surface area (Å²) in [6.07, 6.45) is 4.48. The van der Waals surface area contributed by atoms with Gasteiger partial charge in [0.25, 0.3) is 0 Å². The summed E-state index contributed by atoms with van der Waals surface area (Å²) in [5.74, 6) is 0. The van der Waals surface area contributed by atoms with Crippen LogP contribution in [-0.2, 0) is 20.0 Å². The standard InChI is InChI=1S/C14H22N2O4S2/c1-2-3-4-11-15-21(17,18)13-7-9-14(10-8-13)22(19,20)16-12-5-6-12/h7-10,12,15-16H,2-6,11H2,1H3. The molecule has 0 unspecified atom stereocenters. The van der Waals surface area contributed by atoms with Crippen LogP contribution in [0.15, 0.2) is 34.1 Å². The maximum Gasteiger partial charge on any atom is 0.240 e. The van der Waals surface area contributed by atoms with Crippen molar-refractivity contribution in [2.45, 2.75) is 54.9 Å². The molecule has 0 aliphatic heterocycles. The summed E-state index contributed by atoms with van der Waals surface area (Å²) in [6, 6.07) is 5.32. The Labute approximate surface area is 132 Å². The van der Waals surface area contributed by atoms with Gasteiger partial charge in [-0.2, -0.15) is 0 Å². The molecule has 124 valence electrons. The Kier molecular flexibility index (Phi) is 5.60. The third kappa shape index (κ3) is 4.77. The van der Waals surface area contributed by atoms with Gasteiger partial charge in [-0.15, -0.1) is 0 Å². The molecule has 0 aromatic heterocycles. The highest BCUT2D eigenvalue weighted by molar-refractivity contribution is 7.90. The van der Waals surface area contributed by atoms with Gasteiger partial charge >= 0.3 is 0 Å². The van der Waals surface area contributed by atoms with Crippen LogP contribution in [-0.4, -0.2) is 29.4 Å². The molecule has 1 fully saturated rings. The fourth-order valence-electron chi connectivity index (χ4n) is 1.95. The van der Waals surface area contributed by atoms with E-state index in [-0.39, 0.29) is 15.8 Å². The van der Waals surface area contributed by atoms with Crippen LogP contribution in [0, 0.1) is 0 Å². The van der Waals surface area contributed by atoms with Gasteiger partial charge in [0.1, 0.15) is 0 Å². The number of hydrogen-bond acceptors (Lipinski definition) is 4. The topological polar surface area (TPSA) is 92.3 Å². The molecule has 0 saturated heterocycles. The van der Waals surface area contributed by atoms with Gasteiger partial charge in [0.2, 0.25) is 20.0 Å². The first kappa shape index (κ1) is 17.4. The van der Waals surface area contributed by atoms with Crippen molar-refractivity contribution < 1.29 is 16.8 Å². The minimum atomic E-state index is -3.58. The number of nitrogens with one attached hydrogen (secondary N) is 2. The van der Waals surface area contributed by atoms with Crippen molar-refractivity contribution >= 4 is 20.0 Å². The Morgan fingerprint density at radius 1 is 0.955 bits per heavy atom. The molecule has 0 heterocycles. The summed E-state index contributed by atoms with van der Waals surface area (Å²) in [5.41, 5.74) is 0. The monoisotopic (exact) mass is 346 g/mol. The second kappa shape index (κ2) is 7.08. The van der Waals surface area contributed by atoms with Gasteiger partial charge in [-0.05, 0) is 43.5 Å². The van der Waals surface area contributed by atoms with Crippen molar-refractivity contribution in [1.29, 1.82) is 0 Å². The number of rotatable bonds is 9. The Morgan fingerprint density at radius 3 is 2.00 bits per heavy atom. The quantitative estimate of drug-likeness (QED) is 0.664. The van der Waals surface area contributed by atoms with Crippen LogP contribution >= 0.6 is 0 Å². The molecule has 0 spiro atoms. The van der Waals surface area contributed by atoms with Gasteiger partial charge in [0.05, 0.1) is 9.79 Å². The number of sulfonamides is 2. The van der Waals surface area contributed by atoms with Gasteiger partial charge in [-0.3, -0.25) is 0 Å². The van der Waals surface area contributed by atoms with Crippen molar-refractivity contribution in [1.82, 2.24) is 9.44 Å². The van der Waals surface area contributed by atoms with Crippen LogP contribution in [0.25, 0.3) is 0 Å². The van der Waals surface area contributed by atoms with Crippen molar-refractivity contribution in [2.24, 2.45) is 0 Å². The molecule has 1 aromatic carbocycles. The largest absolute Gasteiger partial charge is 0.240 e. The van der Waals surface area contributed by atoms with E-state index >= 15 is 0 Å². The SMILES string of the molecule is CCCCCNS(=O)(=O)c1ccc(S(=O)(=O)NC2CC2)cc1. The molecule has 1 aliphatic carbocycles. The third-order valence-electron chi connectivity index (χ3n) is 3.42. The van der Waals surface area contributed by atoms with E-state index in [1.165, 1.54) is 24.3 Å². The summed E-state index contributed by atoms with van der Waals surface area (Å²) >= 11 is 0. The van der Waals surface area contributed by atoms with Crippen LogP contribution in [0.3, 0.4) is 0 Å². The molecule has 0 amide bonds. The summed E-state index contributed by atoms with van der Waals surface area (Å²) < 4.78 is 53.2. The summed E-state index contributed by atoms with van der Waals surface area (Å²) in [6.45, 7) is 2.43. The zero-order chi connectivity index (χ0) is 16.2. The Hall–Kier alpha value is -0.960. The lowest BCUT2D eigenvalue weighted by atomic mass is 10.3. The van der Waals surface area contributed by atoms with Crippen LogP contribution in [0.5, 0.6) is 0 Å². The second-order valence-corrected chi connectivity index (χ2v) is 8.95. The first-order chi connectivity index (χ1) is 10.3. The minimum Gasteiger partial charge on any atom is -0.211 e. The van der Waals surface area contributed by atoms with Crippen LogP contribution in [0.4, 0.5) is 0 Å². The van der Waals surface area contributed by atoms with Gasteiger partial charge in [-0.25, -0.2) is 26.3 Å². The highest BCUT2D eigenvalue weighted by Gasteiger charge is 2.28. The maximum absolute atomic E-state index is 12.1. The Balaban J connectivity index is 2.04. The molecular weight excluding hydrogens is 324 g/mol. The summed E-state index contributed by atoms with van der Waals surface area (Å²) in [4.78, 5) is 0.165. The molecular formula is C14H22N2O4S2. The van der Waals surface area contributed by atoms with E-state index < -0.39 is 20.0 Å². The number of hydrogen-bond donors (Lipinski definition) is 2. The first-order valence-electron chi connectivity index (χ1n) is 7.47. The molecule has 2 N–H and O–H groups in total. The smallest absolute Gasteiger partial charge is 0.211 e. The van der Waals surface area contributed by atoms with Crippen LogP contribution < -0.4 is 9.44 Å². The van der Waals surface area contributed by atoms with Gasteiger partial charge in [-0.1, -0.05) is 19.8 Å². The lowest BCUT2D eigenvalue weighted by molar-refractivity contribution is 0.574. The van der Waals surface area contributed by atoms with Crippen molar-refractivity contribution in [3.8, 4) is 0 Å². The predicted molar refractivity (Wildman–Crippen MR) is 84.5 cm³/mol. The average Bonchev–Trinajstić information content (AvgIpc) is 3.27. The van der Waals surface area contributed by atoms with Crippen LogP contribution in [0.2, 0.25) is 0 Å². The molecule has 1 aromatic rings.